The standard InChI is InChI=1S/C13H21Cl2OSi2/c1-5-11(10-17(14)15)12-8-6-7-9-13(12)16-18(2,3)4/h6-9,11H,5,10H2,1-4H3. The third-order valence-electron chi connectivity index (χ3n) is 2.67. The quantitative estimate of drug-likeness (QED) is 0.506. The van der Waals surface area contributed by atoms with Crippen molar-refractivity contribution in [1.29, 1.82) is 0 Å². The number of hydrogen-bond donors (Lipinski definition) is 0. The summed E-state index contributed by atoms with van der Waals surface area (Å²) >= 11 is 12.0. The molecular formula is C13H21Cl2OSi2. The van der Waals surface area contributed by atoms with Crippen molar-refractivity contribution in [2.24, 2.45) is 0 Å². The van der Waals surface area contributed by atoms with Crippen LogP contribution in [0.4, 0.5) is 0 Å². The molecule has 1 rings (SSSR count). The lowest BCUT2D eigenvalue weighted by atomic mass is 9.97. The van der Waals surface area contributed by atoms with E-state index in [2.05, 4.69) is 44.8 Å². The van der Waals surface area contributed by atoms with Gasteiger partial charge in [0.2, 0.25) is 8.32 Å². The van der Waals surface area contributed by atoms with Crippen molar-refractivity contribution < 1.29 is 4.43 Å². The Labute approximate surface area is 123 Å². The highest BCUT2D eigenvalue weighted by Gasteiger charge is 2.22. The van der Waals surface area contributed by atoms with E-state index in [0.29, 0.717) is 5.92 Å². The van der Waals surface area contributed by atoms with Crippen molar-refractivity contribution in [2.45, 2.75) is 44.9 Å². The van der Waals surface area contributed by atoms with Gasteiger partial charge in [0.15, 0.2) is 0 Å². The Morgan fingerprint density at radius 1 is 1.22 bits per heavy atom. The van der Waals surface area contributed by atoms with Gasteiger partial charge >= 0.3 is 0 Å². The van der Waals surface area contributed by atoms with Crippen LogP contribution in [0.5, 0.6) is 5.75 Å². The van der Waals surface area contributed by atoms with Gasteiger partial charge in [-0.05, 0) is 49.7 Å². The minimum atomic E-state index is -1.59. The van der Waals surface area contributed by atoms with E-state index >= 15 is 0 Å². The lowest BCUT2D eigenvalue weighted by Crippen LogP contribution is -2.30. The highest BCUT2D eigenvalue weighted by Crippen LogP contribution is 2.34. The topological polar surface area (TPSA) is 9.23 Å². The molecule has 101 valence electrons. The van der Waals surface area contributed by atoms with Gasteiger partial charge in [0, 0.05) is 0 Å². The number of para-hydroxylation sites is 1. The molecule has 0 aliphatic carbocycles. The molecule has 1 aromatic carbocycles. The molecule has 1 nitrogen and oxygen atoms in total. The lowest BCUT2D eigenvalue weighted by molar-refractivity contribution is 0.538. The highest BCUT2D eigenvalue weighted by atomic mass is 35.7. The Kier molecular flexibility index (Phi) is 6.25. The molecule has 0 spiro atoms. The predicted octanol–water partition coefficient (Wildman–Crippen LogP) is 5.36. The van der Waals surface area contributed by atoms with Crippen LogP contribution in [0.3, 0.4) is 0 Å². The van der Waals surface area contributed by atoms with E-state index in [9.17, 15) is 0 Å². The second-order valence-electron chi connectivity index (χ2n) is 5.40. The van der Waals surface area contributed by atoms with Crippen LogP contribution in [-0.4, -0.2) is 15.7 Å². The summed E-state index contributed by atoms with van der Waals surface area (Å²) in [6, 6.07) is 9.16. The maximum absolute atomic E-state index is 6.16. The van der Waals surface area contributed by atoms with Gasteiger partial charge in [0.1, 0.15) is 5.75 Å². The molecule has 0 saturated carbocycles. The Bertz CT molecular complexity index is 377. The van der Waals surface area contributed by atoms with Crippen LogP contribution >= 0.6 is 22.2 Å². The van der Waals surface area contributed by atoms with E-state index in [0.717, 1.165) is 18.2 Å². The molecule has 0 aliphatic rings. The fourth-order valence-corrected chi connectivity index (χ4v) is 4.75. The van der Waals surface area contributed by atoms with Crippen LogP contribution in [-0.2, 0) is 0 Å². The Morgan fingerprint density at radius 3 is 2.33 bits per heavy atom. The molecule has 1 unspecified atom stereocenters. The first-order chi connectivity index (χ1) is 8.33. The normalized spacial score (nSPS) is 13.7. The predicted molar refractivity (Wildman–Crippen MR) is 85.7 cm³/mol. The van der Waals surface area contributed by atoms with Crippen LogP contribution in [0.15, 0.2) is 24.3 Å². The van der Waals surface area contributed by atoms with Crippen LogP contribution in [0.25, 0.3) is 0 Å². The minimum Gasteiger partial charge on any atom is -0.544 e. The Hall–Kier alpha value is 0.0338. The number of halogens is 2. The fraction of sp³-hybridized carbons (Fsp3) is 0.538. The van der Waals surface area contributed by atoms with E-state index in [1.807, 2.05) is 6.07 Å². The van der Waals surface area contributed by atoms with E-state index in [1.165, 1.54) is 5.56 Å². The van der Waals surface area contributed by atoms with Crippen molar-refractivity contribution in [2.75, 3.05) is 0 Å². The van der Waals surface area contributed by atoms with Crippen molar-refractivity contribution in [3.8, 4) is 5.75 Å². The molecular weight excluding hydrogens is 299 g/mol. The van der Waals surface area contributed by atoms with Gasteiger partial charge in [0.05, 0.1) is 0 Å². The number of hydrogen-bond acceptors (Lipinski definition) is 1. The van der Waals surface area contributed by atoms with Gasteiger partial charge < -0.3 is 4.43 Å². The first kappa shape index (κ1) is 16.1. The van der Waals surface area contributed by atoms with Gasteiger partial charge in [-0.15, -0.1) is 22.2 Å². The second kappa shape index (κ2) is 6.99. The zero-order chi connectivity index (χ0) is 13.8. The first-order valence-electron chi connectivity index (χ1n) is 6.28. The van der Waals surface area contributed by atoms with Gasteiger partial charge in [0.25, 0.3) is 7.42 Å². The average Bonchev–Trinajstić information content (AvgIpc) is 2.24. The zero-order valence-corrected chi connectivity index (χ0v) is 15.0. The minimum absolute atomic E-state index is 0.404. The second-order valence-corrected chi connectivity index (χ2v) is 14.2. The molecule has 0 aliphatic heterocycles. The molecule has 1 atom stereocenters. The highest BCUT2D eigenvalue weighted by molar-refractivity contribution is 7.33. The Balaban J connectivity index is 2.99. The summed E-state index contributed by atoms with van der Waals surface area (Å²) in [4.78, 5) is 0. The van der Waals surface area contributed by atoms with Crippen molar-refractivity contribution in [3.05, 3.63) is 29.8 Å². The largest absolute Gasteiger partial charge is 0.544 e. The molecule has 0 amide bonds. The summed E-state index contributed by atoms with van der Waals surface area (Å²) < 4.78 is 6.16. The molecule has 0 heterocycles. The molecule has 18 heavy (non-hydrogen) atoms. The van der Waals surface area contributed by atoms with E-state index in [4.69, 9.17) is 26.6 Å². The van der Waals surface area contributed by atoms with Crippen molar-refractivity contribution in [3.63, 3.8) is 0 Å². The maximum atomic E-state index is 6.16. The zero-order valence-electron chi connectivity index (χ0n) is 11.5. The van der Waals surface area contributed by atoms with Gasteiger partial charge in [-0.3, -0.25) is 0 Å². The molecule has 5 heteroatoms. The third-order valence-corrected chi connectivity index (χ3v) is 5.23. The smallest absolute Gasteiger partial charge is 0.274 e. The third kappa shape index (κ3) is 5.35. The van der Waals surface area contributed by atoms with Gasteiger partial charge in [-0.1, -0.05) is 25.1 Å². The average molecular weight is 320 g/mol. The van der Waals surface area contributed by atoms with Crippen molar-refractivity contribution in [1.82, 2.24) is 0 Å². The van der Waals surface area contributed by atoms with Crippen molar-refractivity contribution >= 4 is 37.9 Å². The van der Waals surface area contributed by atoms with E-state index in [1.54, 1.807) is 0 Å². The first-order valence-corrected chi connectivity index (χ1v) is 13.4. The van der Waals surface area contributed by atoms with Crippen LogP contribution in [0, 0.1) is 0 Å². The summed E-state index contributed by atoms with van der Waals surface area (Å²) in [5.41, 5.74) is 1.26. The van der Waals surface area contributed by atoms with Crippen LogP contribution in [0.2, 0.25) is 25.7 Å². The summed E-state index contributed by atoms with van der Waals surface area (Å²) in [5.74, 6) is 1.42. The molecule has 0 bridgehead atoms. The molecule has 0 fully saturated rings. The monoisotopic (exact) mass is 319 g/mol. The van der Waals surface area contributed by atoms with Crippen LogP contribution < -0.4 is 4.43 Å². The molecule has 1 radical (unpaired) electrons. The van der Waals surface area contributed by atoms with Crippen LogP contribution in [0.1, 0.15) is 24.8 Å². The van der Waals surface area contributed by atoms with Gasteiger partial charge in [-0.2, -0.15) is 0 Å². The van der Waals surface area contributed by atoms with E-state index in [-0.39, 0.29) is 0 Å². The Morgan fingerprint density at radius 2 is 1.83 bits per heavy atom. The summed E-state index contributed by atoms with van der Waals surface area (Å²) in [5, 5.41) is 0. The fourth-order valence-electron chi connectivity index (χ4n) is 1.90. The molecule has 0 aromatic heterocycles. The number of rotatable bonds is 6. The maximum Gasteiger partial charge on any atom is 0.274 e. The summed E-state index contributed by atoms with van der Waals surface area (Å²) in [7, 11) is -2.84. The number of benzene rings is 1. The molecule has 0 N–H and O–H groups in total. The molecule has 0 saturated heterocycles. The van der Waals surface area contributed by atoms with E-state index < -0.39 is 15.7 Å². The SMILES string of the molecule is CCC(C[Si](Cl)Cl)c1ccccc1O[Si](C)(C)C. The lowest BCUT2D eigenvalue weighted by Gasteiger charge is -2.25. The summed E-state index contributed by atoms with van der Waals surface area (Å²) in [6.07, 6.45) is 1.04. The van der Waals surface area contributed by atoms with Gasteiger partial charge in [-0.25, -0.2) is 0 Å². The summed E-state index contributed by atoms with van der Waals surface area (Å²) in [6.45, 7) is 8.77. The molecule has 1 aromatic rings.